The molecule has 10 heteroatoms. The molecular formula is C34H39N4O3PS2. The van der Waals surface area contributed by atoms with Gasteiger partial charge in [0.1, 0.15) is 0 Å². The van der Waals surface area contributed by atoms with Crippen LogP contribution in [-0.4, -0.2) is 51.1 Å². The molecule has 0 aromatic heterocycles. The number of hydrogen-bond acceptors (Lipinski definition) is 9. The maximum Gasteiger partial charge on any atom is 0.419 e. The van der Waals surface area contributed by atoms with Gasteiger partial charge in [0.25, 0.3) is 0 Å². The van der Waals surface area contributed by atoms with Gasteiger partial charge in [-0.15, -0.1) is 0 Å². The van der Waals surface area contributed by atoms with Crippen LogP contribution in [0.2, 0.25) is 0 Å². The molecule has 7 nitrogen and oxygen atoms in total. The average molecular weight is 647 g/mol. The van der Waals surface area contributed by atoms with Gasteiger partial charge in [0.2, 0.25) is 0 Å². The van der Waals surface area contributed by atoms with Crippen molar-refractivity contribution in [2.45, 2.75) is 45.3 Å². The quantitative estimate of drug-likeness (QED) is 0.127. The average Bonchev–Trinajstić information content (AvgIpc) is 3.01. The fourth-order valence-electron chi connectivity index (χ4n) is 5.43. The van der Waals surface area contributed by atoms with Crippen LogP contribution in [0, 0.1) is 0 Å². The molecule has 230 valence electrons. The summed E-state index contributed by atoms with van der Waals surface area (Å²) in [6, 6.07) is 24.9. The second kappa shape index (κ2) is 13.9. The predicted octanol–water partition coefficient (Wildman–Crippen LogP) is 8.94. The van der Waals surface area contributed by atoms with Crippen molar-refractivity contribution >= 4 is 54.5 Å². The van der Waals surface area contributed by atoms with Crippen molar-refractivity contribution in [3.8, 4) is 11.5 Å². The number of anilines is 4. The monoisotopic (exact) mass is 646 g/mol. The van der Waals surface area contributed by atoms with Crippen molar-refractivity contribution in [1.29, 1.82) is 0 Å². The van der Waals surface area contributed by atoms with Crippen LogP contribution in [0.5, 0.6) is 11.5 Å². The molecule has 2 N–H and O–H groups in total. The highest BCUT2D eigenvalue weighted by atomic mass is 32.2. The molecule has 0 saturated carbocycles. The van der Waals surface area contributed by atoms with Crippen molar-refractivity contribution in [2.75, 3.05) is 51.9 Å². The number of fused-ring (bicyclic) bond motifs is 4. The molecule has 2 aliphatic rings. The normalized spacial score (nSPS) is 13.1. The van der Waals surface area contributed by atoms with Crippen LogP contribution in [0.25, 0.3) is 0 Å². The largest absolute Gasteiger partial charge is 0.419 e. The molecule has 4 aromatic rings. The van der Waals surface area contributed by atoms with Gasteiger partial charge in [-0.1, -0.05) is 59.9 Å². The van der Waals surface area contributed by atoms with Gasteiger partial charge in [0, 0.05) is 19.6 Å². The number of rotatable bonds is 12. The Labute approximate surface area is 269 Å². The summed E-state index contributed by atoms with van der Waals surface area (Å²) in [4.78, 5) is 8.74. The van der Waals surface area contributed by atoms with E-state index >= 15 is 0 Å². The van der Waals surface area contributed by atoms with Crippen LogP contribution in [0.4, 0.5) is 22.7 Å². The zero-order chi connectivity index (χ0) is 30.6. The zero-order valence-corrected chi connectivity index (χ0v) is 28.2. The Bertz CT molecular complexity index is 1560. The summed E-state index contributed by atoms with van der Waals surface area (Å²) >= 11 is 3.38. The first-order valence-electron chi connectivity index (χ1n) is 14.9. The Balaban J connectivity index is 1.32. The van der Waals surface area contributed by atoms with Crippen LogP contribution >= 0.6 is 31.8 Å². The highest BCUT2D eigenvalue weighted by Crippen LogP contribution is 2.53. The molecule has 0 unspecified atom stereocenters. The summed E-state index contributed by atoms with van der Waals surface area (Å²) < 4.78 is 26.7. The number of para-hydroxylation sites is 2. The third kappa shape index (κ3) is 7.08. The highest BCUT2D eigenvalue weighted by Gasteiger charge is 2.26. The van der Waals surface area contributed by atoms with Gasteiger partial charge in [-0.05, 0) is 114 Å². The van der Waals surface area contributed by atoms with Crippen molar-refractivity contribution in [1.82, 2.24) is 9.80 Å². The SMILES string of the molecule is CN(C)CCCc1ccc2c(c1O[PH](=O)Oc1c(CCCN(C)C)ccc3c1Nc1ccccc1S3)Nc1ccccc1S2. The molecule has 0 bridgehead atoms. The molecular weight excluding hydrogens is 608 g/mol. The maximum atomic E-state index is 14.0. The molecule has 6 rings (SSSR count). The summed E-state index contributed by atoms with van der Waals surface area (Å²) in [6.45, 7) is 1.90. The Morgan fingerprint density at radius 1 is 0.614 bits per heavy atom. The van der Waals surface area contributed by atoms with Gasteiger partial charge in [-0.3, -0.25) is 0 Å². The third-order valence-electron chi connectivity index (χ3n) is 7.61. The van der Waals surface area contributed by atoms with E-state index in [1.54, 1.807) is 23.5 Å². The zero-order valence-electron chi connectivity index (χ0n) is 25.6. The summed E-state index contributed by atoms with van der Waals surface area (Å²) in [5.74, 6) is 1.22. The molecule has 44 heavy (non-hydrogen) atoms. The predicted molar refractivity (Wildman–Crippen MR) is 185 cm³/mol. The van der Waals surface area contributed by atoms with Crippen molar-refractivity contribution in [2.24, 2.45) is 0 Å². The fraction of sp³-hybridized carbons (Fsp3) is 0.294. The second-order valence-electron chi connectivity index (χ2n) is 11.6. The van der Waals surface area contributed by atoms with E-state index < -0.39 is 8.25 Å². The Morgan fingerprint density at radius 2 is 1.05 bits per heavy atom. The lowest BCUT2D eigenvalue weighted by atomic mass is 10.1. The molecule has 2 aliphatic heterocycles. The van der Waals surface area contributed by atoms with Crippen molar-refractivity contribution in [3.05, 3.63) is 83.9 Å². The minimum atomic E-state index is -3.01. The van der Waals surface area contributed by atoms with Crippen LogP contribution in [-0.2, 0) is 17.4 Å². The molecule has 0 radical (unpaired) electrons. The van der Waals surface area contributed by atoms with E-state index in [9.17, 15) is 4.57 Å². The molecule has 4 aromatic carbocycles. The van der Waals surface area contributed by atoms with Gasteiger partial charge < -0.3 is 29.5 Å². The van der Waals surface area contributed by atoms with Crippen molar-refractivity contribution in [3.63, 3.8) is 0 Å². The Hall–Kier alpha value is -3.07. The lowest BCUT2D eigenvalue weighted by Gasteiger charge is -2.26. The topological polar surface area (TPSA) is 66.1 Å². The standard InChI is InChI=1S/C34H39N4O3PS2/c1-37(2)21-9-11-23-17-19-29-31(35-25-13-5-7-15-27(25)43-29)33(23)40-42(39)41-34-24(12-10-22-38(3)4)18-20-30-32(34)36-26-14-6-8-16-28(26)44-30/h5-8,13-20,35-36,42H,9-12,21-22H2,1-4H3. The lowest BCUT2D eigenvalue weighted by Crippen LogP contribution is -2.14. The van der Waals surface area contributed by atoms with Gasteiger partial charge in [-0.25, -0.2) is 4.57 Å². The Kier molecular flexibility index (Phi) is 9.79. The van der Waals surface area contributed by atoms with Crippen LogP contribution in [0.1, 0.15) is 24.0 Å². The van der Waals surface area contributed by atoms with Crippen LogP contribution in [0.15, 0.2) is 92.4 Å². The first kappa shape index (κ1) is 30.9. The first-order chi connectivity index (χ1) is 21.4. The van der Waals surface area contributed by atoms with E-state index in [2.05, 4.69) is 97.2 Å². The van der Waals surface area contributed by atoms with Gasteiger partial charge in [-0.2, -0.15) is 0 Å². The van der Waals surface area contributed by atoms with E-state index in [-0.39, 0.29) is 0 Å². The summed E-state index contributed by atoms with van der Waals surface area (Å²) in [5, 5.41) is 7.15. The molecule has 0 saturated heterocycles. The van der Waals surface area contributed by atoms with Crippen molar-refractivity contribution < 1.29 is 13.6 Å². The van der Waals surface area contributed by atoms with E-state index in [1.165, 1.54) is 0 Å². The molecule has 0 atom stereocenters. The molecule has 0 amide bonds. The third-order valence-corrected chi connectivity index (χ3v) is 10.6. The Morgan fingerprint density at radius 3 is 1.48 bits per heavy atom. The first-order valence-corrected chi connectivity index (χ1v) is 17.8. The van der Waals surface area contributed by atoms with Gasteiger partial charge >= 0.3 is 8.25 Å². The molecule has 0 fully saturated rings. The van der Waals surface area contributed by atoms with E-state index in [1.807, 2.05) is 24.3 Å². The minimum Gasteiger partial charge on any atom is -0.415 e. The number of nitrogens with zero attached hydrogens (tertiary/aromatic N) is 2. The lowest BCUT2D eigenvalue weighted by molar-refractivity contribution is 0.393. The van der Waals surface area contributed by atoms with Gasteiger partial charge in [0.15, 0.2) is 11.5 Å². The second-order valence-corrected chi connectivity index (χ2v) is 14.6. The smallest absolute Gasteiger partial charge is 0.415 e. The molecule has 0 spiro atoms. The van der Waals surface area contributed by atoms with Crippen LogP contribution < -0.4 is 19.7 Å². The van der Waals surface area contributed by atoms with Crippen LogP contribution in [0.3, 0.4) is 0 Å². The minimum absolute atomic E-state index is 0.610. The number of benzene rings is 4. The van der Waals surface area contributed by atoms with E-state index in [4.69, 9.17) is 9.05 Å². The highest BCUT2D eigenvalue weighted by molar-refractivity contribution is 8.00. The molecule has 0 aliphatic carbocycles. The molecule has 2 heterocycles. The van der Waals surface area contributed by atoms with E-state index in [0.29, 0.717) is 11.5 Å². The van der Waals surface area contributed by atoms with E-state index in [0.717, 1.165) is 92.2 Å². The maximum absolute atomic E-state index is 14.0. The summed E-state index contributed by atoms with van der Waals surface area (Å²) in [7, 11) is 5.30. The number of nitrogens with one attached hydrogen (secondary N) is 2. The number of aryl methyl sites for hydroxylation is 2. The van der Waals surface area contributed by atoms with Gasteiger partial charge in [0.05, 0.1) is 22.7 Å². The summed E-state index contributed by atoms with van der Waals surface area (Å²) in [6.07, 6.45) is 3.51. The fourth-order valence-corrected chi connectivity index (χ4v) is 8.26. The number of hydrogen-bond donors (Lipinski definition) is 2. The summed E-state index contributed by atoms with van der Waals surface area (Å²) in [5.41, 5.74) is 5.76.